The van der Waals surface area contributed by atoms with Crippen LogP contribution in [0.1, 0.15) is 18.4 Å². The molecule has 1 heterocycles. The second kappa shape index (κ2) is 5.66. The van der Waals surface area contributed by atoms with E-state index in [4.69, 9.17) is 14.6 Å². The molecular weight excluding hydrogens is 272 g/mol. The molecule has 4 heteroatoms. The lowest BCUT2D eigenvalue weighted by Crippen LogP contribution is -2.25. The van der Waals surface area contributed by atoms with Crippen molar-refractivity contribution in [1.29, 1.82) is 0 Å². The first kappa shape index (κ1) is 11.9. The molecule has 0 spiro atoms. The van der Waals surface area contributed by atoms with E-state index >= 15 is 0 Å². The Morgan fingerprint density at radius 2 is 2.12 bits per heavy atom. The van der Waals surface area contributed by atoms with Gasteiger partial charge >= 0.3 is 0 Å². The smallest absolute Gasteiger partial charge is 0.133 e. The summed E-state index contributed by atoms with van der Waals surface area (Å²) in [4.78, 5) is 0. The minimum Gasteiger partial charge on any atom is -0.489 e. The number of hydrogen-bond donors (Lipinski definition) is 1. The topological polar surface area (TPSA) is 38.7 Å². The van der Waals surface area contributed by atoms with Gasteiger partial charge in [-0.15, -0.1) is 0 Å². The third kappa shape index (κ3) is 2.97. The third-order valence-electron chi connectivity index (χ3n) is 2.64. The second-order valence-corrected chi connectivity index (χ2v) is 4.71. The minimum atomic E-state index is 0.0517. The van der Waals surface area contributed by atoms with Crippen molar-refractivity contribution in [2.75, 3.05) is 13.2 Å². The Balaban J connectivity index is 2.03. The summed E-state index contributed by atoms with van der Waals surface area (Å²) in [5, 5.41) is 9.00. The van der Waals surface area contributed by atoms with Gasteiger partial charge in [-0.05, 0) is 33.6 Å². The van der Waals surface area contributed by atoms with Crippen LogP contribution in [0, 0.1) is 0 Å². The average Bonchev–Trinajstić information content (AvgIpc) is 2.33. The monoisotopic (exact) mass is 286 g/mol. The molecule has 0 unspecified atom stereocenters. The summed E-state index contributed by atoms with van der Waals surface area (Å²) in [6.07, 6.45) is 2.12. The lowest BCUT2D eigenvalue weighted by molar-refractivity contribution is 0.0252. The Labute approximate surface area is 104 Å². The van der Waals surface area contributed by atoms with Gasteiger partial charge in [0.2, 0.25) is 0 Å². The van der Waals surface area contributed by atoms with Crippen LogP contribution in [-0.4, -0.2) is 24.4 Å². The van der Waals surface area contributed by atoms with E-state index in [0.29, 0.717) is 0 Å². The fourth-order valence-electron chi connectivity index (χ4n) is 1.71. The molecule has 0 radical (unpaired) electrons. The minimum absolute atomic E-state index is 0.0517. The number of benzene rings is 1. The van der Waals surface area contributed by atoms with Crippen LogP contribution in [0.3, 0.4) is 0 Å². The number of rotatable bonds is 3. The Hall–Kier alpha value is -0.580. The second-order valence-electron chi connectivity index (χ2n) is 3.85. The first-order valence-electron chi connectivity index (χ1n) is 5.43. The summed E-state index contributed by atoms with van der Waals surface area (Å²) in [6.45, 7) is 1.60. The molecule has 88 valence electrons. The molecule has 16 heavy (non-hydrogen) atoms. The molecule has 0 atom stereocenters. The molecular formula is C12H15BrO3. The summed E-state index contributed by atoms with van der Waals surface area (Å²) in [5.74, 6) is 0.837. The Bertz CT molecular complexity index is 348. The molecule has 1 aromatic rings. The molecule has 0 amide bonds. The van der Waals surface area contributed by atoms with Crippen LogP contribution in [-0.2, 0) is 11.3 Å². The number of aliphatic hydroxyl groups excluding tert-OH is 1. The van der Waals surface area contributed by atoms with Crippen molar-refractivity contribution in [2.45, 2.75) is 25.6 Å². The molecule has 1 fully saturated rings. The van der Waals surface area contributed by atoms with Crippen molar-refractivity contribution in [3.8, 4) is 5.75 Å². The van der Waals surface area contributed by atoms with Crippen molar-refractivity contribution in [3.63, 3.8) is 0 Å². The zero-order valence-electron chi connectivity index (χ0n) is 8.99. The molecule has 1 saturated heterocycles. The van der Waals surface area contributed by atoms with Crippen LogP contribution in [0.5, 0.6) is 5.75 Å². The van der Waals surface area contributed by atoms with Crippen LogP contribution in [0.4, 0.5) is 0 Å². The Morgan fingerprint density at radius 3 is 2.75 bits per heavy atom. The summed E-state index contributed by atoms with van der Waals surface area (Å²) in [5.41, 5.74) is 0.881. The fraction of sp³-hybridized carbons (Fsp3) is 0.500. The normalized spacial score (nSPS) is 17.4. The third-order valence-corrected chi connectivity index (χ3v) is 3.26. The number of halogens is 1. The molecule has 1 aliphatic rings. The zero-order chi connectivity index (χ0) is 11.4. The van der Waals surface area contributed by atoms with Gasteiger partial charge in [0, 0.05) is 12.8 Å². The lowest BCUT2D eigenvalue weighted by atomic mass is 10.1. The lowest BCUT2D eigenvalue weighted by Gasteiger charge is -2.23. The highest BCUT2D eigenvalue weighted by molar-refractivity contribution is 9.10. The van der Waals surface area contributed by atoms with E-state index in [2.05, 4.69) is 15.9 Å². The van der Waals surface area contributed by atoms with Gasteiger partial charge in [-0.2, -0.15) is 0 Å². The van der Waals surface area contributed by atoms with Gasteiger partial charge < -0.3 is 14.6 Å². The highest BCUT2D eigenvalue weighted by atomic mass is 79.9. The first-order chi connectivity index (χ1) is 7.79. The molecule has 2 rings (SSSR count). The van der Waals surface area contributed by atoms with E-state index < -0.39 is 0 Å². The standard InChI is InChI=1S/C12H15BrO3/c13-11-7-9(8-14)1-2-12(11)16-10-3-5-15-6-4-10/h1-2,7,10,14H,3-6,8H2. The summed E-state index contributed by atoms with van der Waals surface area (Å²) >= 11 is 3.45. The van der Waals surface area contributed by atoms with E-state index in [0.717, 1.165) is 41.8 Å². The number of hydrogen-bond acceptors (Lipinski definition) is 3. The molecule has 3 nitrogen and oxygen atoms in total. The molecule has 1 aliphatic heterocycles. The summed E-state index contributed by atoms with van der Waals surface area (Å²) in [6, 6.07) is 5.65. The molecule has 0 bridgehead atoms. The van der Waals surface area contributed by atoms with Crippen LogP contribution >= 0.6 is 15.9 Å². The van der Waals surface area contributed by atoms with Crippen LogP contribution in [0.2, 0.25) is 0 Å². The largest absolute Gasteiger partial charge is 0.489 e. The van der Waals surface area contributed by atoms with Crippen LogP contribution in [0.25, 0.3) is 0 Å². The van der Waals surface area contributed by atoms with Crippen molar-refractivity contribution in [1.82, 2.24) is 0 Å². The number of ether oxygens (including phenoxy) is 2. The highest BCUT2D eigenvalue weighted by Crippen LogP contribution is 2.28. The molecule has 1 aromatic carbocycles. The Kier molecular flexibility index (Phi) is 4.21. The zero-order valence-corrected chi connectivity index (χ0v) is 10.6. The van der Waals surface area contributed by atoms with Gasteiger partial charge in [-0.3, -0.25) is 0 Å². The van der Waals surface area contributed by atoms with Gasteiger partial charge in [0.15, 0.2) is 0 Å². The van der Waals surface area contributed by atoms with Gasteiger partial charge in [-0.25, -0.2) is 0 Å². The molecule has 0 saturated carbocycles. The van der Waals surface area contributed by atoms with E-state index in [1.807, 2.05) is 18.2 Å². The predicted molar refractivity (Wildman–Crippen MR) is 64.5 cm³/mol. The van der Waals surface area contributed by atoms with Gasteiger partial charge in [0.1, 0.15) is 11.9 Å². The van der Waals surface area contributed by atoms with E-state index in [1.54, 1.807) is 0 Å². The summed E-state index contributed by atoms with van der Waals surface area (Å²) < 4.78 is 12.1. The Morgan fingerprint density at radius 1 is 1.38 bits per heavy atom. The fourth-order valence-corrected chi connectivity index (χ4v) is 2.23. The van der Waals surface area contributed by atoms with E-state index in [9.17, 15) is 0 Å². The summed E-state index contributed by atoms with van der Waals surface area (Å²) in [7, 11) is 0. The molecule has 0 aromatic heterocycles. The molecule has 1 N–H and O–H groups in total. The van der Waals surface area contributed by atoms with Gasteiger partial charge in [-0.1, -0.05) is 6.07 Å². The van der Waals surface area contributed by atoms with Crippen molar-refractivity contribution in [3.05, 3.63) is 28.2 Å². The van der Waals surface area contributed by atoms with Gasteiger partial charge in [0.25, 0.3) is 0 Å². The van der Waals surface area contributed by atoms with Gasteiger partial charge in [0.05, 0.1) is 24.3 Å². The van der Waals surface area contributed by atoms with Crippen LogP contribution < -0.4 is 4.74 Å². The highest BCUT2D eigenvalue weighted by Gasteiger charge is 2.16. The maximum atomic E-state index is 9.00. The number of aliphatic hydroxyl groups is 1. The predicted octanol–water partition coefficient (Wildman–Crippen LogP) is 2.50. The first-order valence-corrected chi connectivity index (χ1v) is 6.22. The van der Waals surface area contributed by atoms with Crippen molar-refractivity contribution in [2.24, 2.45) is 0 Å². The van der Waals surface area contributed by atoms with E-state index in [1.165, 1.54) is 0 Å². The maximum Gasteiger partial charge on any atom is 0.133 e. The average molecular weight is 287 g/mol. The molecule has 0 aliphatic carbocycles. The quantitative estimate of drug-likeness (QED) is 0.928. The van der Waals surface area contributed by atoms with E-state index in [-0.39, 0.29) is 12.7 Å². The van der Waals surface area contributed by atoms with Crippen LogP contribution in [0.15, 0.2) is 22.7 Å². The van der Waals surface area contributed by atoms with Crippen molar-refractivity contribution < 1.29 is 14.6 Å². The SMILES string of the molecule is OCc1ccc(OC2CCOCC2)c(Br)c1. The van der Waals surface area contributed by atoms with Crippen molar-refractivity contribution >= 4 is 15.9 Å². The maximum absolute atomic E-state index is 9.00.